The summed E-state index contributed by atoms with van der Waals surface area (Å²) in [4.78, 5) is 25.3. The zero-order chi connectivity index (χ0) is 20.9. The summed E-state index contributed by atoms with van der Waals surface area (Å²) in [5, 5.41) is 9.46. The number of carbonyl (C=O) groups is 2. The molecule has 0 radical (unpaired) electrons. The number of nitrogens with two attached hydrogens (primary N) is 1. The lowest BCUT2D eigenvalue weighted by atomic mass is 10.0. The maximum atomic E-state index is 12.7. The number of carbonyl (C=O) groups excluding carboxylic acids is 2. The molecule has 0 unspecified atom stereocenters. The van der Waals surface area contributed by atoms with Crippen molar-refractivity contribution >= 4 is 34.4 Å². The van der Waals surface area contributed by atoms with E-state index >= 15 is 0 Å². The van der Waals surface area contributed by atoms with Crippen molar-refractivity contribution in [1.82, 2.24) is 0 Å². The van der Waals surface area contributed by atoms with Gasteiger partial charge in [0.05, 0.1) is 5.69 Å². The molecule has 5 N–H and O–H groups in total. The molecule has 0 heterocycles. The first-order valence-electron chi connectivity index (χ1n) is 10.0. The van der Waals surface area contributed by atoms with Gasteiger partial charge in [-0.3, -0.25) is 9.59 Å². The average molecular weight is 400 g/mol. The minimum Gasteiger partial charge on any atom is -0.384 e. The van der Waals surface area contributed by atoms with E-state index in [1.54, 1.807) is 18.2 Å². The predicted molar refractivity (Wildman–Crippen MR) is 121 cm³/mol. The van der Waals surface area contributed by atoms with Crippen LogP contribution in [0, 0.1) is 0 Å². The number of nitrogens with one attached hydrogen (secondary N) is 3. The van der Waals surface area contributed by atoms with Crippen LogP contribution in [0.1, 0.15) is 32.7 Å². The Morgan fingerprint density at radius 1 is 0.867 bits per heavy atom. The van der Waals surface area contributed by atoms with Crippen LogP contribution in [-0.4, -0.2) is 24.8 Å². The molecule has 3 aromatic carbocycles. The molecule has 3 aromatic rings. The van der Waals surface area contributed by atoms with Gasteiger partial charge >= 0.3 is 0 Å². The Morgan fingerprint density at radius 3 is 2.33 bits per heavy atom. The molecule has 0 spiro atoms. The molecule has 1 aliphatic carbocycles. The van der Waals surface area contributed by atoms with E-state index in [0.29, 0.717) is 42.7 Å². The Balaban J connectivity index is 1.55. The minimum atomic E-state index is -0.244. The SMILES string of the molecule is NCCNc1ccc(C(=O)Nc2ccc(Nc3ccccc3)c3c2C(=O)CC3)cc1. The van der Waals surface area contributed by atoms with Gasteiger partial charge < -0.3 is 21.7 Å². The second-order valence-electron chi connectivity index (χ2n) is 7.18. The number of para-hydroxylation sites is 1. The van der Waals surface area contributed by atoms with E-state index in [-0.39, 0.29) is 11.7 Å². The zero-order valence-electron chi connectivity index (χ0n) is 16.6. The number of anilines is 4. The van der Waals surface area contributed by atoms with E-state index < -0.39 is 0 Å². The highest BCUT2D eigenvalue weighted by molar-refractivity contribution is 6.12. The van der Waals surface area contributed by atoms with E-state index in [0.717, 1.165) is 22.6 Å². The van der Waals surface area contributed by atoms with Gasteiger partial charge in [0.25, 0.3) is 5.91 Å². The van der Waals surface area contributed by atoms with Crippen LogP contribution in [0.4, 0.5) is 22.7 Å². The molecule has 0 bridgehead atoms. The monoisotopic (exact) mass is 400 g/mol. The lowest BCUT2D eigenvalue weighted by Gasteiger charge is -2.15. The fourth-order valence-electron chi connectivity index (χ4n) is 3.64. The molecule has 0 saturated heterocycles. The van der Waals surface area contributed by atoms with Crippen LogP contribution in [-0.2, 0) is 6.42 Å². The molecular weight excluding hydrogens is 376 g/mol. The van der Waals surface area contributed by atoms with Crippen LogP contribution < -0.4 is 21.7 Å². The van der Waals surface area contributed by atoms with Gasteiger partial charge in [-0.15, -0.1) is 0 Å². The summed E-state index contributed by atoms with van der Waals surface area (Å²) in [6.45, 7) is 1.21. The number of ketones is 1. The molecule has 6 nitrogen and oxygen atoms in total. The molecule has 6 heteroatoms. The number of fused-ring (bicyclic) bond motifs is 1. The predicted octanol–water partition coefficient (Wildman–Crippen LogP) is 4.18. The van der Waals surface area contributed by atoms with E-state index in [1.807, 2.05) is 48.5 Å². The van der Waals surface area contributed by atoms with Gasteiger partial charge in [0.1, 0.15) is 0 Å². The zero-order valence-corrected chi connectivity index (χ0v) is 16.6. The van der Waals surface area contributed by atoms with Crippen LogP contribution in [0.3, 0.4) is 0 Å². The van der Waals surface area contributed by atoms with Gasteiger partial charge in [0, 0.05) is 47.7 Å². The Morgan fingerprint density at radius 2 is 1.60 bits per heavy atom. The lowest BCUT2D eigenvalue weighted by Crippen LogP contribution is -2.15. The normalized spacial score (nSPS) is 12.4. The van der Waals surface area contributed by atoms with Gasteiger partial charge in [-0.2, -0.15) is 0 Å². The number of hydrogen-bond donors (Lipinski definition) is 4. The third-order valence-electron chi connectivity index (χ3n) is 5.12. The summed E-state index contributed by atoms with van der Waals surface area (Å²) in [6.07, 6.45) is 1.11. The van der Waals surface area contributed by atoms with Crippen LogP contribution in [0.25, 0.3) is 0 Å². The number of rotatable bonds is 7. The van der Waals surface area contributed by atoms with Crippen molar-refractivity contribution < 1.29 is 9.59 Å². The molecule has 30 heavy (non-hydrogen) atoms. The highest BCUT2D eigenvalue weighted by atomic mass is 16.1. The maximum absolute atomic E-state index is 12.7. The largest absolute Gasteiger partial charge is 0.384 e. The van der Waals surface area contributed by atoms with Gasteiger partial charge in [0.15, 0.2) is 5.78 Å². The second kappa shape index (κ2) is 8.80. The summed E-state index contributed by atoms with van der Waals surface area (Å²) in [5.41, 5.74) is 10.9. The first-order valence-corrected chi connectivity index (χ1v) is 10.0. The number of benzene rings is 3. The van der Waals surface area contributed by atoms with Crippen molar-refractivity contribution in [3.05, 3.63) is 83.4 Å². The standard InChI is InChI=1S/C24H24N4O2/c25-14-15-26-17-8-6-16(7-9-17)24(30)28-21-12-11-20(19-10-13-22(29)23(19)21)27-18-4-2-1-3-5-18/h1-9,11-12,26-27H,10,13-15,25H2,(H,28,30). The third-order valence-corrected chi connectivity index (χ3v) is 5.12. The Kier molecular flexibility index (Phi) is 5.77. The number of amides is 1. The van der Waals surface area contributed by atoms with Crippen molar-refractivity contribution in [2.75, 3.05) is 29.0 Å². The van der Waals surface area contributed by atoms with Gasteiger partial charge in [0.2, 0.25) is 0 Å². The molecule has 0 atom stereocenters. The molecule has 4 rings (SSSR count). The van der Waals surface area contributed by atoms with Crippen molar-refractivity contribution in [3.8, 4) is 0 Å². The summed E-state index contributed by atoms with van der Waals surface area (Å²) in [5.74, 6) is -0.190. The van der Waals surface area contributed by atoms with E-state index in [2.05, 4.69) is 16.0 Å². The molecule has 0 saturated carbocycles. The number of hydrogen-bond acceptors (Lipinski definition) is 5. The fourth-order valence-corrected chi connectivity index (χ4v) is 3.64. The van der Waals surface area contributed by atoms with Crippen LogP contribution >= 0.6 is 0 Å². The lowest BCUT2D eigenvalue weighted by molar-refractivity contribution is 0.0995. The molecule has 1 amide bonds. The fraction of sp³-hybridized carbons (Fsp3) is 0.167. The van der Waals surface area contributed by atoms with E-state index in [4.69, 9.17) is 5.73 Å². The van der Waals surface area contributed by atoms with E-state index in [1.165, 1.54) is 0 Å². The average Bonchev–Trinajstić information content (AvgIpc) is 3.17. The molecule has 152 valence electrons. The van der Waals surface area contributed by atoms with Crippen LogP contribution in [0.5, 0.6) is 0 Å². The molecule has 0 fully saturated rings. The quantitative estimate of drug-likeness (QED) is 0.477. The third kappa shape index (κ3) is 4.18. The van der Waals surface area contributed by atoms with Crippen molar-refractivity contribution in [3.63, 3.8) is 0 Å². The van der Waals surface area contributed by atoms with Crippen LogP contribution in [0.15, 0.2) is 66.7 Å². The molecular formula is C24H24N4O2. The van der Waals surface area contributed by atoms with Gasteiger partial charge in [-0.05, 0) is 60.5 Å². The summed E-state index contributed by atoms with van der Waals surface area (Å²) >= 11 is 0. The Labute approximate surface area is 175 Å². The van der Waals surface area contributed by atoms with Gasteiger partial charge in [-0.25, -0.2) is 0 Å². The Bertz CT molecular complexity index is 1060. The second-order valence-corrected chi connectivity index (χ2v) is 7.18. The van der Waals surface area contributed by atoms with Crippen molar-refractivity contribution in [1.29, 1.82) is 0 Å². The first kappa shape index (κ1) is 19.7. The topological polar surface area (TPSA) is 96.2 Å². The first-order chi connectivity index (χ1) is 14.7. The summed E-state index contributed by atoms with van der Waals surface area (Å²) < 4.78 is 0. The van der Waals surface area contributed by atoms with E-state index in [9.17, 15) is 9.59 Å². The minimum absolute atomic E-state index is 0.0540. The highest BCUT2D eigenvalue weighted by Crippen LogP contribution is 2.36. The van der Waals surface area contributed by atoms with Crippen molar-refractivity contribution in [2.45, 2.75) is 12.8 Å². The van der Waals surface area contributed by atoms with Crippen LogP contribution in [0.2, 0.25) is 0 Å². The summed E-state index contributed by atoms with van der Waals surface area (Å²) in [7, 11) is 0. The number of Topliss-reactive ketones (excluding diaryl/α,β-unsaturated/α-hetero) is 1. The summed E-state index contributed by atoms with van der Waals surface area (Å²) in [6, 6.07) is 20.7. The smallest absolute Gasteiger partial charge is 0.255 e. The van der Waals surface area contributed by atoms with Crippen molar-refractivity contribution in [2.24, 2.45) is 5.73 Å². The molecule has 0 aliphatic heterocycles. The molecule has 0 aromatic heterocycles. The van der Waals surface area contributed by atoms with Gasteiger partial charge in [-0.1, -0.05) is 18.2 Å². The highest BCUT2D eigenvalue weighted by Gasteiger charge is 2.26. The Hall–Kier alpha value is -3.64. The molecule has 1 aliphatic rings. The maximum Gasteiger partial charge on any atom is 0.255 e.